The maximum absolute atomic E-state index is 14.4. The zero-order valence-electron chi connectivity index (χ0n) is 15.4. The lowest BCUT2D eigenvalue weighted by molar-refractivity contribution is -0.189. The molecule has 0 bridgehead atoms. The maximum atomic E-state index is 14.4. The van der Waals surface area contributed by atoms with E-state index >= 15 is 0 Å². The van der Waals surface area contributed by atoms with E-state index in [2.05, 4.69) is 4.74 Å². The molecular formula is C20H11F9OS. The van der Waals surface area contributed by atoms with E-state index in [0.717, 1.165) is 4.88 Å². The Morgan fingerprint density at radius 3 is 1.74 bits per heavy atom. The molecule has 0 N–H and O–H groups in total. The molecule has 2 aromatic carbocycles. The van der Waals surface area contributed by atoms with Gasteiger partial charge in [0.25, 0.3) is 0 Å². The normalized spacial score (nSPS) is 12.3. The summed E-state index contributed by atoms with van der Waals surface area (Å²) in [5, 5.41) is 0. The van der Waals surface area contributed by atoms with Crippen molar-refractivity contribution in [2.24, 2.45) is 0 Å². The minimum absolute atomic E-state index is 0.0223. The first-order valence-corrected chi connectivity index (χ1v) is 9.36. The number of alkyl halides is 5. The van der Waals surface area contributed by atoms with E-state index < -0.39 is 52.4 Å². The lowest BCUT2D eigenvalue weighted by Gasteiger charge is -2.20. The van der Waals surface area contributed by atoms with Crippen molar-refractivity contribution < 1.29 is 44.3 Å². The summed E-state index contributed by atoms with van der Waals surface area (Å²) >= 11 is 1.20. The van der Waals surface area contributed by atoms with Crippen molar-refractivity contribution >= 4 is 11.3 Å². The van der Waals surface area contributed by atoms with Crippen LogP contribution >= 0.6 is 11.3 Å². The highest BCUT2D eigenvalue weighted by Gasteiger charge is 2.43. The van der Waals surface area contributed by atoms with Gasteiger partial charge in [0.15, 0.2) is 0 Å². The fourth-order valence-corrected chi connectivity index (χ4v) is 3.73. The molecule has 0 radical (unpaired) electrons. The van der Waals surface area contributed by atoms with E-state index in [-0.39, 0.29) is 17.7 Å². The van der Waals surface area contributed by atoms with Gasteiger partial charge in [-0.15, -0.1) is 11.3 Å². The Labute approximate surface area is 173 Å². The Balaban J connectivity index is 1.97. The van der Waals surface area contributed by atoms with Gasteiger partial charge in [-0.05, 0) is 36.2 Å². The minimum Gasteiger partial charge on any atom is -0.429 e. The molecule has 0 fully saturated rings. The predicted octanol–water partition coefficient (Wildman–Crippen LogP) is 7.68. The molecule has 1 nitrogen and oxygen atoms in total. The molecule has 1 heterocycles. The molecule has 1 aromatic heterocycles. The van der Waals surface area contributed by atoms with Crippen LogP contribution in [0.5, 0.6) is 5.75 Å². The average Bonchev–Trinajstić information content (AvgIpc) is 3.07. The number of hydrogen-bond acceptors (Lipinski definition) is 2. The van der Waals surface area contributed by atoms with Gasteiger partial charge in [0.05, 0.1) is 0 Å². The monoisotopic (exact) mass is 470 g/mol. The van der Waals surface area contributed by atoms with Gasteiger partial charge in [0.1, 0.15) is 40.1 Å². The van der Waals surface area contributed by atoms with Crippen LogP contribution in [0.4, 0.5) is 39.5 Å². The Kier molecular flexibility index (Phi) is 6.01. The van der Waals surface area contributed by atoms with Gasteiger partial charge in [-0.25, -0.2) is 17.6 Å². The summed E-state index contributed by atoms with van der Waals surface area (Å²) in [6.07, 6.45) is -9.56. The number of halogens is 9. The van der Waals surface area contributed by atoms with Crippen LogP contribution in [0, 0.1) is 23.3 Å². The van der Waals surface area contributed by atoms with Crippen molar-refractivity contribution in [1.29, 1.82) is 0 Å². The van der Waals surface area contributed by atoms with Crippen LogP contribution in [-0.4, -0.2) is 0 Å². The number of hydrogen-bond donors (Lipinski definition) is 0. The quantitative estimate of drug-likeness (QED) is 0.348. The van der Waals surface area contributed by atoms with Crippen molar-refractivity contribution in [3.05, 3.63) is 75.7 Å². The molecule has 166 valence electrons. The molecule has 31 heavy (non-hydrogen) atoms. The number of thiophene rings is 1. The second kappa shape index (κ2) is 8.10. The van der Waals surface area contributed by atoms with Gasteiger partial charge in [0.2, 0.25) is 0 Å². The molecule has 0 aliphatic carbocycles. The standard InChI is InChI=1S/C20H11F9OS/c1-2-11-3-4-16(31-11)9-5-12(21)18(13(22)6-9)20(28,29)30-10-7-14(23)17(15(24)8-10)19(25,26)27/h3-8H,2H2,1H3. The number of rotatable bonds is 5. The summed E-state index contributed by atoms with van der Waals surface area (Å²) in [4.78, 5) is 1.30. The van der Waals surface area contributed by atoms with Gasteiger partial charge in [0, 0.05) is 21.9 Å². The summed E-state index contributed by atoms with van der Waals surface area (Å²) in [6, 6.07) is 4.22. The second-order valence-electron chi connectivity index (χ2n) is 6.31. The molecule has 0 atom stereocenters. The lowest BCUT2D eigenvalue weighted by atomic mass is 10.1. The van der Waals surface area contributed by atoms with Crippen molar-refractivity contribution in [3.63, 3.8) is 0 Å². The zero-order chi connectivity index (χ0) is 23.1. The molecule has 0 aliphatic rings. The van der Waals surface area contributed by atoms with Gasteiger partial charge in [-0.3, -0.25) is 0 Å². The highest BCUT2D eigenvalue weighted by atomic mass is 32.1. The van der Waals surface area contributed by atoms with E-state index in [1.165, 1.54) is 11.3 Å². The minimum atomic E-state index is -5.43. The first kappa shape index (κ1) is 23.0. The molecular weight excluding hydrogens is 459 g/mol. The largest absolute Gasteiger partial charge is 0.432 e. The molecule has 0 amide bonds. The Morgan fingerprint density at radius 2 is 1.29 bits per heavy atom. The number of aryl methyl sites for hydroxylation is 1. The van der Waals surface area contributed by atoms with Crippen LogP contribution in [0.25, 0.3) is 10.4 Å². The Morgan fingerprint density at radius 1 is 0.774 bits per heavy atom. The van der Waals surface area contributed by atoms with Crippen LogP contribution in [0.3, 0.4) is 0 Å². The predicted molar refractivity (Wildman–Crippen MR) is 94.9 cm³/mol. The SMILES string of the molecule is CCc1ccc(-c2cc(F)c(C(F)(F)Oc3cc(F)c(C(F)(F)F)c(F)c3)c(F)c2)s1. The van der Waals surface area contributed by atoms with Crippen molar-refractivity contribution in [2.75, 3.05) is 0 Å². The molecule has 0 spiro atoms. The van der Waals surface area contributed by atoms with Crippen LogP contribution in [0.15, 0.2) is 36.4 Å². The zero-order valence-corrected chi connectivity index (χ0v) is 16.2. The van der Waals surface area contributed by atoms with Crippen LogP contribution in [0.1, 0.15) is 22.9 Å². The summed E-state index contributed by atoms with van der Waals surface area (Å²) in [6.45, 7) is 1.85. The van der Waals surface area contributed by atoms with E-state index in [0.29, 0.717) is 23.4 Å². The second-order valence-corrected chi connectivity index (χ2v) is 7.48. The summed E-state index contributed by atoms with van der Waals surface area (Å²) < 4.78 is 126. The highest BCUT2D eigenvalue weighted by molar-refractivity contribution is 7.15. The molecule has 0 unspecified atom stereocenters. The van der Waals surface area contributed by atoms with Crippen LogP contribution in [-0.2, 0) is 18.7 Å². The molecule has 3 aromatic rings. The third-order valence-electron chi connectivity index (χ3n) is 4.17. The number of benzene rings is 2. The topological polar surface area (TPSA) is 9.23 Å². The van der Waals surface area contributed by atoms with Gasteiger partial charge in [-0.1, -0.05) is 6.92 Å². The van der Waals surface area contributed by atoms with Crippen molar-refractivity contribution in [1.82, 2.24) is 0 Å². The first-order valence-electron chi connectivity index (χ1n) is 8.55. The Bertz CT molecular complexity index is 1070. The maximum Gasteiger partial charge on any atom is 0.432 e. The van der Waals surface area contributed by atoms with Crippen molar-refractivity contribution in [3.8, 4) is 16.2 Å². The molecule has 0 saturated carbocycles. The van der Waals surface area contributed by atoms with Crippen molar-refractivity contribution in [2.45, 2.75) is 25.6 Å². The lowest BCUT2D eigenvalue weighted by Crippen LogP contribution is -2.25. The van der Waals surface area contributed by atoms with E-state index in [4.69, 9.17) is 0 Å². The van der Waals surface area contributed by atoms with E-state index in [1.807, 2.05) is 6.92 Å². The van der Waals surface area contributed by atoms with Crippen LogP contribution < -0.4 is 4.74 Å². The summed E-state index contributed by atoms with van der Waals surface area (Å²) in [5.74, 6) is -9.25. The Hall–Kier alpha value is -2.69. The van der Waals surface area contributed by atoms with Gasteiger partial charge < -0.3 is 4.74 Å². The first-order chi connectivity index (χ1) is 14.3. The summed E-state index contributed by atoms with van der Waals surface area (Å²) in [7, 11) is 0. The highest BCUT2D eigenvalue weighted by Crippen LogP contribution is 2.40. The third kappa shape index (κ3) is 4.65. The van der Waals surface area contributed by atoms with E-state index in [1.54, 1.807) is 12.1 Å². The van der Waals surface area contributed by atoms with Crippen LogP contribution in [0.2, 0.25) is 0 Å². The van der Waals surface area contributed by atoms with Gasteiger partial charge >= 0.3 is 12.3 Å². The van der Waals surface area contributed by atoms with Gasteiger partial charge in [-0.2, -0.15) is 22.0 Å². The number of ether oxygens (including phenoxy) is 1. The molecule has 0 aliphatic heterocycles. The molecule has 0 saturated heterocycles. The fraction of sp³-hybridized carbons (Fsp3) is 0.200. The molecule has 3 rings (SSSR count). The molecule has 11 heteroatoms. The third-order valence-corrected chi connectivity index (χ3v) is 5.45. The smallest absolute Gasteiger partial charge is 0.429 e. The fourth-order valence-electron chi connectivity index (χ4n) is 2.80. The van der Waals surface area contributed by atoms with E-state index in [9.17, 15) is 39.5 Å². The summed E-state index contributed by atoms with van der Waals surface area (Å²) in [5.41, 5.74) is -4.19. The average molecular weight is 470 g/mol.